The highest BCUT2D eigenvalue weighted by Gasteiger charge is 2.34. The molecular weight excluding hydrogens is 248 g/mol. The first-order valence-electron chi connectivity index (χ1n) is 7.75. The van der Waals surface area contributed by atoms with Gasteiger partial charge in [-0.25, -0.2) is 0 Å². The summed E-state index contributed by atoms with van der Waals surface area (Å²) in [4.78, 5) is 12.4. The van der Waals surface area contributed by atoms with Crippen molar-refractivity contribution in [3.8, 4) is 0 Å². The fourth-order valence-electron chi connectivity index (χ4n) is 2.67. The van der Waals surface area contributed by atoms with Gasteiger partial charge >= 0.3 is 0 Å². The van der Waals surface area contributed by atoms with Crippen molar-refractivity contribution in [2.45, 2.75) is 46.0 Å². The van der Waals surface area contributed by atoms with E-state index in [0.717, 1.165) is 38.0 Å². The van der Waals surface area contributed by atoms with Crippen molar-refractivity contribution in [3.05, 3.63) is 29.8 Å². The summed E-state index contributed by atoms with van der Waals surface area (Å²) in [5, 5.41) is 6.37. The molecule has 1 fully saturated rings. The maximum atomic E-state index is 12.4. The Hall–Kier alpha value is -1.35. The van der Waals surface area contributed by atoms with E-state index in [0.29, 0.717) is 0 Å². The number of rotatable bonds is 5. The van der Waals surface area contributed by atoms with Crippen molar-refractivity contribution in [2.24, 2.45) is 5.41 Å². The minimum atomic E-state index is -0.279. The Morgan fingerprint density at radius 2 is 2.10 bits per heavy atom. The second kappa shape index (κ2) is 6.89. The number of unbranched alkanes of at least 4 members (excludes halogenated alkanes) is 1. The van der Waals surface area contributed by atoms with Crippen molar-refractivity contribution in [1.29, 1.82) is 0 Å². The summed E-state index contributed by atoms with van der Waals surface area (Å²) < 4.78 is 0. The molecule has 2 rings (SSSR count). The van der Waals surface area contributed by atoms with Crippen molar-refractivity contribution in [2.75, 3.05) is 18.4 Å². The van der Waals surface area contributed by atoms with Crippen LogP contribution in [0.2, 0.25) is 0 Å². The van der Waals surface area contributed by atoms with Crippen molar-refractivity contribution >= 4 is 11.6 Å². The van der Waals surface area contributed by atoms with Crippen molar-refractivity contribution in [1.82, 2.24) is 5.32 Å². The first kappa shape index (κ1) is 15.0. The molecule has 1 aromatic carbocycles. The van der Waals surface area contributed by atoms with E-state index in [9.17, 15) is 4.79 Å². The summed E-state index contributed by atoms with van der Waals surface area (Å²) in [5.74, 6) is 0.131. The van der Waals surface area contributed by atoms with Gasteiger partial charge in [-0.3, -0.25) is 4.79 Å². The van der Waals surface area contributed by atoms with Crippen LogP contribution in [0.3, 0.4) is 0 Å². The summed E-state index contributed by atoms with van der Waals surface area (Å²) in [5.41, 5.74) is 1.97. The molecular formula is C17H26N2O. The molecule has 2 N–H and O–H groups in total. The molecule has 0 aliphatic carbocycles. The molecule has 0 radical (unpaired) electrons. The van der Waals surface area contributed by atoms with Crippen LogP contribution in [0, 0.1) is 5.41 Å². The average Bonchev–Trinajstić information content (AvgIpc) is 2.47. The van der Waals surface area contributed by atoms with E-state index in [1.165, 1.54) is 18.4 Å². The van der Waals surface area contributed by atoms with Gasteiger partial charge in [-0.15, -0.1) is 0 Å². The van der Waals surface area contributed by atoms with Gasteiger partial charge in [0.1, 0.15) is 0 Å². The Kier molecular flexibility index (Phi) is 5.18. The lowest BCUT2D eigenvalue weighted by Gasteiger charge is -2.32. The number of anilines is 1. The van der Waals surface area contributed by atoms with E-state index in [2.05, 4.69) is 29.7 Å². The molecule has 1 amide bonds. The molecule has 20 heavy (non-hydrogen) atoms. The van der Waals surface area contributed by atoms with Crippen LogP contribution in [0.15, 0.2) is 24.3 Å². The second-order valence-corrected chi connectivity index (χ2v) is 6.10. The smallest absolute Gasteiger partial charge is 0.231 e. The highest BCUT2D eigenvalue weighted by atomic mass is 16.2. The molecule has 110 valence electrons. The van der Waals surface area contributed by atoms with Gasteiger partial charge in [-0.1, -0.05) is 25.5 Å². The Morgan fingerprint density at radius 1 is 1.35 bits per heavy atom. The van der Waals surface area contributed by atoms with Gasteiger partial charge in [0.25, 0.3) is 0 Å². The number of amides is 1. The number of hydrogen-bond donors (Lipinski definition) is 2. The van der Waals surface area contributed by atoms with Crippen LogP contribution in [-0.4, -0.2) is 19.0 Å². The molecule has 0 bridgehead atoms. The predicted octanol–water partition coefficient (Wildman–Crippen LogP) is 3.36. The van der Waals surface area contributed by atoms with E-state index >= 15 is 0 Å². The van der Waals surface area contributed by atoms with E-state index < -0.39 is 0 Å². The van der Waals surface area contributed by atoms with Crippen LogP contribution >= 0.6 is 0 Å². The number of piperidine rings is 1. The van der Waals surface area contributed by atoms with Crippen LogP contribution in [0.25, 0.3) is 0 Å². The fourth-order valence-corrected chi connectivity index (χ4v) is 2.67. The number of benzene rings is 1. The topological polar surface area (TPSA) is 41.1 Å². The lowest BCUT2D eigenvalue weighted by molar-refractivity contribution is -0.125. The third-order valence-electron chi connectivity index (χ3n) is 4.18. The van der Waals surface area contributed by atoms with Crippen LogP contribution in [-0.2, 0) is 11.2 Å². The Labute approximate surface area is 122 Å². The number of hydrogen-bond acceptors (Lipinski definition) is 2. The molecule has 3 nitrogen and oxygen atoms in total. The standard InChI is InChI=1S/C17H26N2O/c1-3-4-6-14-7-9-15(10-8-14)19-16(20)17(2)11-5-12-18-13-17/h7-10,18H,3-6,11-13H2,1-2H3,(H,19,20). The lowest BCUT2D eigenvalue weighted by atomic mass is 9.82. The number of aryl methyl sites for hydroxylation is 1. The van der Waals surface area contributed by atoms with Crippen molar-refractivity contribution in [3.63, 3.8) is 0 Å². The zero-order valence-corrected chi connectivity index (χ0v) is 12.7. The fraction of sp³-hybridized carbons (Fsp3) is 0.588. The van der Waals surface area contributed by atoms with Crippen LogP contribution in [0.5, 0.6) is 0 Å². The van der Waals surface area contributed by atoms with Gasteiger partial charge in [-0.2, -0.15) is 0 Å². The Bertz CT molecular complexity index is 433. The van der Waals surface area contributed by atoms with Gasteiger partial charge in [0.15, 0.2) is 0 Å². The molecule has 1 aliphatic heterocycles. The third-order valence-corrected chi connectivity index (χ3v) is 4.18. The number of carbonyl (C=O) groups excluding carboxylic acids is 1. The predicted molar refractivity (Wildman–Crippen MR) is 83.9 cm³/mol. The molecule has 1 heterocycles. The maximum Gasteiger partial charge on any atom is 0.231 e. The summed E-state index contributed by atoms with van der Waals surface area (Å²) >= 11 is 0. The van der Waals surface area contributed by atoms with Crippen LogP contribution in [0.1, 0.15) is 45.1 Å². The molecule has 1 atom stereocenters. The monoisotopic (exact) mass is 274 g/mol. The third kappa shape index (κ3) is 3.83. The van der Waals surface area contributed by atoms with E-state index in [1.54, 1.807) is 0 Å². The Balaban J connectivity index is 1.93. The van der Waals surface area contributed by atoms with E-state index in [-0.39, 0.29) is 11.3 Å². The molecule has 0 aromatic heterocycles. The molecule has 3 heteroatoms. The number of nitrogens with one attached hydrogen (secondary N) is 2. The zero-order valence-electron chi connectivity index (χ0n) is 12.7. The second-order valence-electron chi connectivity index (χ2n) is 6.10. The van der Waals surface area contributed by atoms with Gasteiger partial charge in [0.05, 0.1) is 5.41 Å². The molecule has 1 unspecified atom stereocenters. The van der Waals surface area contributed by atoms with E-state index in [1.807, 2.05) is 19.1 Å². The summed E-state index contributed by atoms with van der Waals surface area (Å²) in [6.45, 7) is 6.04. The SMILES string of the molecule is CCCCc1ccc(NC(=O)C2(C)CCCNC2)cc1. The first-order chi connectivity index (χ1) is 9.64. The number of carbonyl (C=O) groups is 1. The van der Waals surface area contributed by atoms with E-state index in [4.69, 9.17) is 0 Å². The molecule has 0 spiro atoms. The largest absolute Gasteiger partial charge is 0.326 e. The minimum absolute atomic E-state index is 0.131. The summed E-state index contributed by atoms with van der Waals surface area (Å²) in [7, 11) is 0. The van der Waals surface area contributed by atoms with Crippen molar-refractivity contribution < 1.29 is 4.79 Å². The summed E-state index contributed by atoms with van der Waals surface area (Å²) in [6.07, 6.45) is 5.58. The molecule has 1 aliphatic rings. The molecule has 1 aromatic rings. The lowest BCUT2D eigenvalue weighted by Crippen LogP contribution is -2.46. The highest BCUT2D eigenvalue weighted by Crippen LogP contribution is 2.27. The minimum Gasteiger partial charge on any atom is -0.326 e. The Morgan fingerprint density at radius 3 is 2.70 bits per heavy atom. The zero-order chi connectivity index (χ0) is 14.4. The summed E-state index contributed by atoms with van der Waals surface area (Å²) in [6, 6.07) is 8.27. The highest BCUT2D eigenvalue weighted by molar-refractivity contribution is 5.95. The quantitative estimate of drug-likeness (QED) is 0.864. The van der Waals surface area contributed by atoms with Crippen LogP contribution < -0.4 is 10.6 Å². The van der Waals surface area contributed by atoms with Gasteiger partial charge < -0.3 is 10.6 Å². The van der Waals surface area contributed by atoms with Gasteiger partial charge in [-0.05, 0) is 56.8 Å². The van der Waals surface area contributed by atoms with Crippen LogP contribution in [0.4, 0.5) is 5.69 Å². The van der Waals surface area contributed by atoms with Gasteiger partial charge in [0.2, 0.25) is 5.91 Å². The first-order valence-corrected chi connectivity index (χ1v) is 7.75. The van der Waals surface area contributed by atoms with Gasteiger partial charge in [0, 0.05) is 12.2 Å². The normalized spacial score (nSPS) is 22.5. The molecule has 1 saturated heterocycles. The average molecular weight is 274 g/mol. The maximum absolute atomic E-state index is 12.4. The molecule has 0 saturated carbocycles.